The molecule has 1 atom stereocenters. The average molecular weight is 335 g/mol. The van der Waals surface area contributed by atoms with Crippen LogP contribution in [0, 0.1) is 5.92 Å². The summed E-state index contributed by atoms with van der Waals surface area (Å²) in [5.74, 6) is 2.38. The van der Waals surface area contributed by atoms with Crippen molar-refractivity contribution in [3.63, 3.8) is 0 Å². The molecule has 0 bridgehead atoms. The molecule has 6 heteroatoms. The minimum atomic E-state index is 0.556. The van der Waals surface area contributed by atoms with Crippen molar-refractivity contribution in [1.82, 2.24) is 10.2 Å². The van der Waals surface area contributed by atoms with E-state index in [0.717, 1.165) is 44.4 Å². The molecule has 134 valence electrons. The number of hydrogen-bond donors (Lipinski definition) is 1. The summed E-state index contributed by atoms with van der Waals surface area (Å²) in [7, 11) is 3.51. The van der Waals surface area contributed by atoms with Gasteiger partial charge in [-0.1, -0.05) is 18.2 Å². The van der Waals surface area contributed by atoms with Gasteiger partial charge in [0.15, 0.2) is 5.96 Å². The summed E-state index contributed by atoms with van der Waals surface area (Å²) >= 11 is 0. The maximum atomic E-state index is 5.69. The molecule has 1 saturated heterocycles. The highest BCUT2D eigenvalue weighted by molar-refractivity contribution is 5.80. The van der Waals surface area contributed by atoms with Crippen molar-refractivity contribution >= 4 is 5.96 Å². The van der Waals surface area contributed by atoms with Crippen LogP contribution in [0.4, 0.5) is 0 Å². The number of nitrogens with zero attached hydrogens (tertiary/aromatic N) is 2. The summed E-state index contributed by atoms with van der Waals surface area (Å²) in [4.78, 5) is 6.66. The molecular weight excluding hydrogens is 306 g/mol. The fraction of sp³-hybridized carbons (Fsp3) is 0.611. The van der Waals surface area contributed by atoms with Crippen LogP contribution in [-0.4, -0.2) is 71.1 Å². The summed E-state index contributed by atoms with van der Waals surface area (Å²) in [5, 5.41) is 3.37. The van der Waals surface area contributed by atoms with Crippen molar-refractivity contribution in [1.29, 1.82) is 0 Å². The van der Waals surface area contributed by atoms with E-state index in [1.165, 1.54) is 0 Å². The third-order valence-corrected chi connectivity index (χ3v) is 3.98. The first-order valence-corrected chi connectivity index (χ1v) is 8.53. The molecule has 1 heterocycles. The smallest absolute Gasteiger partial charge is 0.193 e. The van der Waals surface area contributed by atoms with Gasteiger partial charge >= 0.3 is 0 Å². The third kappa shape index (κ3) is 6.37. The van der Waals surface area contributed by atoms with Crippen LogP contribution in [0.15, 0.2) is 35.3 Å². The van der Waals surface area contributed by atoms with E-state index >= 15 is 0 Å². The highest BCUT2D eigenvalue weighted by Gasteiger charge is 2.24. The summed E-state index contributed by atoms with van der Waals surface area (Å²) in [6.07, 6.45) is 1.13. The Morgan fingerprint density at radius 2 is 2.08 bits per heavy atom. The summed E-state index contributed by atoms with van der Waals surface area (Å²) in [5.41, 5.74) is 0. The average Bonchev–Trinajstić information content (AvgIpc) is 3.08. The minimum Gasteiger partial charge on any atom is -0.492 e. The highest BCUT2D eigenvalue weighted by Crippen LogP contribution is 2.16. The van der Waals surface area contributed by atoms with Crippen molar-refractivity contribution in [3.8, 4) is 5.75 Å². The molecular formula is C18H29N3O3. The summed E-state index contributed by atoms with van der Waals surface area (Å²) in [6.45, 7) is 5.43. The Morgan fingerprint density at radius 1 is 1.25 bits per heavy atom. The van der Waals surface area contributed by atoms with Crippen molar-refractivity contribution in [2.45, 2.75) is 6.42 Å². The number of benzene rings is 1. The maximum absolute atomic E-state index is 5.69. The molecule has 0 radical (unpaired) electrons. The van der Waals surface area contributed by atoms with E-state index in [1.54, 1.807) is 7.11 Å². The SMILES string of the molecule is CN=C(NCCOc1ccccc1)N1CCC(COCCOC)C1. The lowest BCUT2D eigenvalue weighted by Gasteiger charge is -2.21. The first-order chi connectivity index (χ1) is 11.8. The van der Waals surface area contributed by atoms with Gasteiger partial charge in [0, 0.05) is 33.2 Å². The molecule has 0 amide bonds. The Balaban J connectivity index is 1.63. The molecule has 1 N–H and O–H groups in total. The molecule has 1 aromatic carbocycles. The van der Waals surface area contributed by atoms with Gasteiger partial charge in [0.1, 0.15) is 12.4 Å². The zero-order chi connectivity index (χ0) is 17.0. The van der Waals surface area contributed by atoms with Crippen molar-refractivity contribution in [2.24, 2.45) is 10.9 Å². The zero-order valence-corrected chi connectivity index (χ0v) is 14.7. The number of ether oxygens (including phenoxy) is 3. The molecule has 1 aliphatic rings. The maximum Gasteiger partial charge on any atom is 0.193 e. The van der Waals surface area contributed by atoms with Crippen LogP contribution in [0.25, 0.3) is 0 Å². The first kappa shape index (κ1) is 18.5. The molecule has 24 heavy (non-hydrogen) atoms. The number of likely N-dealkylation sites (tertiary alicyclic amines) is 1. The highest BCUT2D eigenvalue weighted by atomic mass is 16.5. The van der Waals surface area contributed by atoms with Gasteiger partial charge in [-0.05, 0) is 18.6 Å². The van der Waals surface area contributed by atoms with Crippen LogP contribution in [-0.2, 0) is 9.47 Å². The monoisotopic (exact) mass is 335 g/mol. The normalized spacial score (nSPS) is 18.0. The Kier molecular flexibility index (Phi) is 8.41. The molecule has 1 aliphatic heterocycles. The standard InChI is InChI=1S/C18H29N3O3/c1-19-18(20-9-11-24-17-6-4-3-5-7-17)21-10-8-16(14-21)15-23-13-12-22-2/h3-7,16H,8-15H2,1-2H3,(H,19,20). The number of methoxy groups -OCH3 is 1. The van der Waals surface area contributed by atoms with Gasteiger partial charge in [-0.2, -0.15) is 0 Å². The van der Waals surface area contributed by atoms with E-state index in [2.05, 4.69) is 15.2 Å². The van der Waals surface area contributed by atoms with Crippen molar-refractivity contribution in [3.05, 3.63) is 30.3 Å². The van der Waals surface area contributed by atoms with Crippen LogP contribution in [0.2, 0.25) is 0 Å². The van der Waals surface area contributed by atoms with E-state index in [-0.39, 0.29) is 0 Å². The number of aliphatic imine (C=N–C) groups is 1. The number of nitrogens with one attached hydrogen (secondary N) is 1. The van der Waals surface area contributed by atoms with E-state index < -0.39 is 0 Å². The van der Waals surface area contributed by atoms with Gasteiger partial charge in [-0.3, -0.25) is 4.99 Å². The number of guanidine groups is 1. The van der Waals surface area contributed by atoms with Crippen LogP contribution in [0.1, 0.15) is 6.42 Å². The molecule has 6 nitrogen and oxygen atoms in total. The van der Waals surface area contributed by atoms with Crippen molar-refractivity contribution < 1.29 is 14.2 Å². The van der Waals surface area contributed by atoms with Gasteiger partial charge in [-0.25, -0.2) is 0 Å². The quantitative estimate of drug-likeness (QED) is 0.422. The van der Waals surface area contributed by atoms with Crippen molar-refractivity contribution in [2.75, 3.05) is 60.2 Å². The fourth-order valence-corrected chi connectivity index (χ4v) is 2.73. The molecule has 1 unspecified atom stereocenters. The van der Waals surface area contributed by atoms with Gasteiger partial charge in [0.05, 0.1) is 26.4 Å². The fourth-order valence-electron chi connectivity index (χ4n) is 2.73. The van der Waals surface area contributed by atoms with Crippen LogP contribution in [0.3, 0.4) is 0 Å². The lowest BCUT2D eigenvalue weighted by molar-refractivity contribution is 0.0536. The van der Waals surface area contributed by atoms with E-state index in [9.17, 15) is 0 Å². The second-order valence-electron chi connectivity index (χ2n) is 5.80. The summed E-state index contributed by atoms with van der Waals surface area (Å²) < 4.78 is 16.3. The van der Waals surface area contributed by atoms with E-state index in [0.29, 0.717) is 25.7 Å². The Hall–Kier alpha value is -1.79. The predicted octanol–water partition coefficient (Wildman–Crippen LogP) is 1.63. The van der Waals surface area contributed by atoms with Gasteiger partial charge in [0.25, 0.3) is 0 Å². The lowest BCUT2D eigenvalue weighted by atomic mass is 10.1. The molecule has 2 rings (SSSR count). The van der Waals surface area contributed by atoms with Crippen LogP contribution >= 0.6 is 0 Å². The van der Waals surface area contributed by atoms with Crippen LogP contribution < -0.4 is 10.1 Å². The zero-order valence-electron chi connectivity index (χ0n) is 14.7. The Bertz CT molecular complexity index is 482. The van der Waals surface area contributed by atoms with E-state index in [4.69, 9.17) is 14.2 Å². The molecule has 0 spiro atoms. The second-order valence-corrected chi connectivity index (χ2v) is 5.80. The minimum absolute atomic E-state index is 0.556. The molecule has 1 fully saturated rings. The number of para-hydroxylation sites is 1. The Labute approximate surface area is 144 Å². The molecule has 1 aromatic rings. The first-order valence-electron chi connectivity index (χ1n) is 8.53. The topological polar surface area (TPSA) is 55.3 Å². The second kappa shape index (κ2) is 10.9. The molecule has 0 saturated carbocycles. The van der Waals surface area contributed by atoms with E-state index in [1.807, 2.05) is 37.4 Å². The van der Waals surface area contributed by atoms with Gasteiger partial charge in [-0.15, -0.1) is 0 Å². The lowest BCUT2D eigenvalue weighted by Crippen LogP contribution is -2.41. The number of rotatable bonds is 9. The largest absolute Gasteiger partial charge is 0.492 e. The van der Waals surface area contributed by atoms with Gasteiger partial charge < -0.3 is 24.4 Å². The Morgan fingerprint density at radius 3 is 2.83 bits per heavy atom. The number of hydrogen-bond acceptors (Lipinski definition) is 4. The predicted molar refractivity (Wildman–Crippen MR) is 95.7 cm³/mol. The third-order valence-electron chi connectivity index (χ3n) is 3.98. The molecule has 0 aromatic heterocycles. The van der Waals surface area contributed by atoms with Gasteiger partial charge in [0.2, 0.25) is 0 Å². The summed E-state index contributed by atoms with van der Waals surface area (Å²) in [6, 6.07) is 9.85. The molecule has 0 aliphatic carbocycles. The van der Waals surface area contributed by atoms with Crippen LogP contribution in [0.5, 0.6) is 5.75 Å².